The van der Waals surface area contributed by atoms with E-state index in [-0.39, 0.29) is 5.54 Å². The van der Waals surface area contributed by atoms with Gasteiger partial charge in [-0.1, -0.05) is 6.92 Å². The summed E-state index contributed by atoms with van der Waals surface area (Å²) in [5, 5.41) is 3.06. The predicted octanol–water partition coefficient (Wildman–Crippen LogP) is 2.74. The number of rotatable bonds is 5. The molecule has 0 bridgehead atoms. The Morgan fingerprint density at radius 1 is 1.44 bits per heavy atom. The third-order valence-electron chi connectivity index (χ3n) is 3.40. The van der Waals surface area contributed by atoms with E-state index in [2.05, 4.69) is 55.2 Å². The van der Waals surface area contributed by atoms with E-state index in [4.69, 9.17) is 0 Å². The van der Waals surface area contributed by atoms with Crippen LogP contribution >= 0.6 is 0 Å². The van der Waals surface area contributed by atoms with E-state index in [0.717, 1.165) is 18.8 Å². The summed E-state index contributed by atoms with van der Waals surface area (Å²) in [7, 11) is 4.06. The largest absolute Gasteiger partial charge is 0.373 e. The number of aromatic nitrogens is 1. The van der Waals surface area contributed by atoms with Crippen LogP contribution in [-0.4, -0.2) is 29.5 Å². The van der Waals surface area contributed by atoms with Gasteiger partial charge in [-0.05, 0) is 45.0 Å². The molecule has 0 amide bonds. The van der Waals surface area contributed by atoms with Crippen LogP contribution in [0.4, 0.5) is 5.82 Å². The lowest BCUT2D eigenvalue weighted by molar-refractivity contribution is 0.143. The molecule has 1 rings (SSSR count). The molecular weight excluding hydrogens is 198 g/mol. The highest BCUT2D eigenvalue weighted by atomic mass is 15.2. The van der Waals surface area contributed by atoms with Crippen molar-refractivity contribution in [2.75, 3.05) is 19.4 Å². The summed E-state index contributed by atoms with van der Waals surface area (Å²) < 4.78 is 0. The minimum Gasteiger partial charge on any atom is -0.373 e. The normalized spacial score (nSPS) is 11.9. The van der Waals surface area contributed by atoms with Crippen LogP contribution in [0.25, 0.3) is 0 Å². The van der Waals surface area contributed by atoms with E-state index in [1.54, 1.807) is 0 Å². The number of anilines is 1. The number of pyridine rings is 1. The molecule has 0 aliphatic heterocycles. The van der Waals surface area contributed by atoms with Crippen LogP contribution in [0.3, 0.4) is 0 Å². The Labute approximate surface area is 98.9 Å². The summed E-state index contributed by atoms with van der Waals surface area (Å²) in [5.74, 6) is 0.931. The zero-order valence-corrected chi connectivity index (χ0v) is 11.0. The van der Waals surface area contributed by atoms with Crippen LogP contribution < -0.4 is 5.32 Å². The second-order valence-electron chi connectivity index (χ2n) is 4.82. The van der Waals surface area contributed by atoms with Crippen molar-refractivity contribution in [2.24, 2.45) is 0 Å². The fourth-order valence-electron chi connectivity index (χ4n) is 1.47. The molecule has 0 unspecified atom stereocenters. The molecule has 0 aromatic carbocycles. The fraction of sp³-hybridized carbons (Fsp3) is 0.615. The van der Waals surface area contributed by atoms with Gasteiger partial charge in [0, 0.05) is 25.3 Å². The molecule has 0 saturated heterocycles. The molecule has 0 atom stereocenters. The minimum absolute atomic E-state index is 0.239. The predicted molar refractivity (Wildman–Crippen MR) is 69.6 cm³/mol. The molecular formula is C13H23N3. The highest BCUT2D eigenvalue weighted by Crippen LogP contribution is 2.19. The van der Waals surface area contributed by atoms with E-state index in [1.165, 1.54) is 5.56 Å². The van der Waals surface area contributed by atoms with Crippen LogP contribution in [0, 0.1) is 0 Å². The van der Waals surface area contributed by atoms with Crippen molar-refractivity contribution in [3.63, 3.8) is 0 Å². The third kappa shape index (κ3) is 3.20. The molecule has 0 saturated carbocycles. The Kier molecular flexibility index (Phi) is 4.30. The Morgan fingerprint density at radius 3 is 2.69 bits per heavy atom. The summed E-state index contributed by atoms with van der Waals surface area (Å²) >= 11 is 0. The smallest absolute Gasteiger partial charge is 0.125 e. The van der Waals surface area contributed by atoms with E-state index in [9.17, 15) is 0 Å². The Hall–Kier alpha value is -1.09. The van der Waals surface area contributed by atoms with E-state index in [1.807, 2.05) is 13.2 Å². The quantitative estimate of drug-likeness (QED) is 0.828. The van der Waals surface area contributed by atoms with Crippen molar-refractivity contribution < 1.29 is 0 Å². The molecule has 1 N–H and O–H groups in total. The van der Waals surface area contributed by atoms with Gasteiger partial charge in [-0.3, -0.25) is 4.90 Å². The molecule has 0 aliphatic rings. The first-order chi connectivity index (χ1) is 7.49. The van der Waals surface area contributed by atoms with Gasteiger partial charge in [0.05, 0.1) is 0 Å². The zero-order valence-electron chi connectivity index (χ0n) is 11.0. The lowest BCUT2D eigenvalue weighted by Gasteiger charge is -2.34. The Morgan fingerprint density at radius 2 is 2.12 bits per heavy atom. The lowest BCUT2D eigenvalue weighted by Crippen LogP contribution is -2.39. The number of hydrogen-bond donors (Lipinski definition) is 1. The Balaban J connectivity index is 2.72. The minimum atomic E-state index is 0.239. The molecule has 0 spiro atoms. The monoisotopic (exact) mass is 221 g/mol. The third-order valence-corrected chi connectivity index (χ3v) is 3.40. The maximum absolute atomic E-state index is 4.22. The van der Waals surface area contributed by atoms with Crippen LogP contribution in [0.15, 0.2) is 18.3 Å². The van der Waals surface area contributed by atoms with Gasteiger partial charge in [-0.2, -0.15) is 0 Å². The molecule has 0 radical (unpaired) electrons. The highest BCUT2D eigenvalue weighted by molar-refractivity contribution is 5.36. The molecule has 0 fully saturated rings. The van der Waals surface area contributed by atoms with Crippen molar-refractivity contribution in [3.8, 4) is 0 Å². The molecule has 90 valence electrons. The van der Waals surface area contributed by atoms with E-state index >= 15 is 0 Å². The summed E-state index contributed by atoms with van der Waals surface area (Å²) in [6, 6.07) is 4.17. The molecule has 1 heterocycles. The first kappa shape index (κ1) is 13.0. The van der Waals surface area contributed by atoms with Crippen LogP contribution in [0.5, 0.6) is 0 Å². The maximum Gasteiger partial charge on any atom is 0.125 e. The summed E-state index contributed by atoms with van der Waals surface area (Å²) in [4.78, 5) is 6.59. The average Bonchev–Trinajstić information content (AvgIpc) is 2.29. The van der Waals surface area contributed by atoms with Crippen molar-refractivity contribution in [1.29, 1.82) is 0 Å². The number of hydrogen-bond acceptors (Lipinski definition) is 3. The second-order valence-corrected chi connectivity index (χ2v) is 4.82. The SMILES string of the molecule is CCC(C)(C)N(C)Cc1ccnc(NC)c1. The van der Waals surface area contributed by atoms with E-state index in [0.29, 0.717) is 0 Å². The zero-order chi connectivity index (χ0) is 12.2. The highest BCUT2D eigenvalue weighted by Gasteiger charge is 2.20. The fourth-order valence-corrected chi connectivity index (χ4v) is 1.47. The summed E-state index contributed by atoms with van der Waals surface area (Å²) in [5.41, 5.74) is 1.53. The van der Waals surface area contributed by atoms with Crippen molar-refractivity contribution in [1.82, 2.24) is 9.88 Å². The van der Waals surface area contributed by atoms with Gasteiger partial charge in [0.2, 0.25) is 0 Å². The van der Waals surface area contributed by atoms with Crippen LogP contribution in [0.1, 0.15) is 32.8 Å². The maximum atomic E-state index is 4.22. The number of nitrogens with one attached hydrogen (secondary N) is 1. The first-order valence-corrected chi connectivity index (χ1v) is 5.83. The summed E-state index contributed by atoms with van der Waals surface area (Å²) in [6.45, 7) is 7.72. The van der Waals surface area contributed by atoms with Gasteiger partial charge in [0.15, 0.2) is 0 Å². The van der Waals surface area contributed by atoms with Gasteiger partial charge in [-0.25, -0.2) is 4.98 Å². The lowest BCUT2D eigenvalue weighted by atomic mass is 9.99. The topological polar surface area (TPSA) is 28.2 Å². The molecule has 3 heteroatoms. The molecule has 0 aliphatic carbocycles. The van der Waals surface area contributed by atoms with Gasteiger partial charge in [0.1, 0.15) is 5.82 Å². The van der Waals surface area contributed by atoms with Crippen LogP contribution in [0.2, 0.25) is 0 Å². The van der Waals surface area contributed by atoms with Crippen molar-refractivity contribution >= 4 is 5.82 Å². The van der Waals surface area contributed by atoms with Gasteiger partial charge in [0.25, 0.3) is 0 Å². The first-order valence-electron chi connectivity index (χ1n) is 5.83. The van der Waals surface area contributed by atoms with Crippen LogP contribution in [-0.2, 0) is 6.54 Å². The Bertz CT molecular complexity index is 334. The second kappa shape index (κ2) is 5.30. The number of nitrogens with zero attached hydrogens (tertiary/aromatic N) is 2. The average molecular weight is 221 g/mol. The summed E-state index contributed by atoms with van der Waals surface area (Å²) in [6.07, 6.45) is 3.00. The van der Waals surface area contributed by atoms with Crippen molar-refractivity contribution in [2.45, 2.75) is 39.3 Å². The van der Waals surface area contributed by atoms with Gasteiger partial charge in [-0.15, -0.1) is 0 Å². The molecule has 3 nitrogen and oxygen atoms in total. The van der Waals surface area contributed by atoms with E-state index < -0.39 is 0 Å². The van der Waals surface area contributed by atoms with Gasteiger partial charge < -0.3 is 5.32 Å². The standard InChI is InChI=1S/C13H23N3/c1-6-13(2,3)16(5)10-11-7-8-15-12(9-11)14-4/h7-9H,6,10H2,1-5H3,(H,14,15). The molecule has 1 aromatic rings. The molecule has 1 aromatic heterocycles. The molecule has 16 heavy (non-hydrogen) atoms. The van der Waals surface area contributed by atoms with Crippen molar-refractivity contribution in [3.05, 3.63) is 23.9 Å². The van der Waals surface area contributed by atoms with Gasteiger partial charge >= 0.3 is 0 Å².